The standard InChI is InChI=1S/C13H17F2N/c1-9(7-10-3-2-4-10)16-13-8-11(14)5-6-12(13)15/h5-6,8-10,16H,2-4,7H2,1H3. The first-order valence-corrected chi connectivity index (χ1v) is 5.87. The van der Waals surface area contributed by atoms with E-state index in [-0.39, 0.29) is 17.5 Å². The first-order chi connectivity index (χ1) is 7.65. The molecule has 1 saturated carbocycles. The molecule has 1 nitrogen and oxygen atoms in total. The summed E-state index contributed by atoms with van der Waals surface area (Å²) in [6.45, 7) is 2.02. The number of hydrogen-bond donors (Lipinski definition) is 1. The van der Waals surface area contributed by atoms with Crippen molar-refractivity contribution in [1.82, 2.24) is 0 Å². The molecule has 16 heavy (non-hydrogen) atoms. The highest BCUT2D eigenvalue weighted by Crippen LogP contribution is 2.31. The van der Waals surface area contributed by atoms with E-state index in [1.807, 2.05) is 6.92 Å². The number of rotatable bonds is 4. The van der Waals surface area contributed by atoms with E-state index < -0.39 is 5.82 Å². The molecule has 2 rings (SSSR count). The third-order valence-electron chi connectivity index (χ3n) is 3.24. The molecule has 0 bridgehead atoms. The van der Waals surface area contributed by atoms with E-state index in [1.54, 1.807) is 0 Å². The average molecular weight is 225 g/mol. The van der Waals surface area contributed by atoms with Crippen LogP contribution in [0.15, 0.2) is 18.2 Å². The maximum atomic E-state index is 13.3. The Hall–Kier alpha value is -1.12. The lowest BCUT2D eigenvalue weighted by atomic mass is 9.81. The highest BCUT2D eigenvalue weighted by atomic mass is 19.1. The van der Waals surface area contributed by atoms with Gasteiger partial charge in [0.25, 0.3) is 0 Å². The summed E-state index contributed by atoms with van der Waals surface area (Å²) in [5, 5.41) is 3.04. The Morgan fingerprint density at radius 3 is 2.75 bits per heavy atom. The van der Waals surface area contributed by atoms with Gasteiger partial charge in [0, 0.05) is 6.04 Å². The van der Waals surface area contributed by atoms with Crippen LogP contribution in [0.1, 0.15) is 32.6 Å². The van der Waals surface area contributed by atoms with Crippen LogP contribution < -0.4 is 5.32 Å². The molecule has 0 aromatic heterocycles. The van der Waals surface area contributed by atoms with Crippen LogP contribution in [-0.4, -0.2) is 6.04 Å². The second-order valence-electron chi connectivity index (χ2n) is 4.70. The van der Waals surface area contributed by atoms with Gasteiger partial charge in [-0.25, -0.2) is 8.78 Å². The van der Waals surface area contributed by atoms with E-state index in [0.29, 0.717) is 0 Å². The van der Waals surface area contributed by atoms with Gasteiger partial charge in [0.05, 0.1) is 5.69 Å². The Kier molecular flexibility index (Phi) is 3.42. The summed E-state index contributed by atoms with van der Waals surface area (Å²) in [4.78, 5) is 0. The molecular weight excluding hydrogens is 208 g/mol. The predicted octanol–water partition coefficient (Wildman–Crippen LogP) is 3.96. The Balaban J connectivity index is 1.93. The van der Waals surface area contributed by atoms with Crippen molar-refractivity contribution in [2.24, 2.45) is 5.92 Å². The monoisotopic (exact) mass is 225 g/mol. The van der Waals surface area contributed by atoms with E-state index in [2.05, 4.69) is 5.32 Å². The average Bonchev–Trinajstić information content (AvgIpc) is 2.18. The molecule has 0 radical (unpaired) electrons. The van der Waals surface area contributed by atoms with Gasteiger partial charge in [-0.1, -0.05) is 19.3 Å². The molecule has 0 saturated heterocycles. The molecule has 3 heteroatoms. The highest BCUT2D eigenvalue weighted by Gasteiger charge is 2.20. The zero-order valence-corrected chi connectivity index (χ0v) is 9.47. The van der Waals surface area contributed by atoms with Crippen LogP contribution in [0.5, 0.6) is 0 Å². The van der Waals surface area contributed by atoms with Crippen molar-refractivity contribution in [3.05, 3.63) is 29.8 Å². The summed E-state index contributed by atoms with van der Waals surface area (Å²) in [6.07, 6.45) is 4.90. The van der Waals surface area contributed by atoms with Gasteiger partial charge in [-0.3, -0.25) is 0 Å². The molecule has 1 unspecified atom stereocenters. The van der Waals surface area contributed by atoms with Gasteiger partial charge in [0.1, 0.15) is 11.6 Å². The Morgan fingerprint density at radius 2 is 2.12 bits per heavy atom. The molecule has 1 fully saturated rings. The van der Waals surface area contributed by atoms with Gasteiger partial charge in [-0.2, -0.15) is 0 Å². The highest BCUT2D eigenvalue weighted by molar-refractivity contribution is 5.45. The summed E-state index contributed by atoms with van der Waals surface area (Å²) in [5.74, 6) is -0.0271. The van der Waals surface area contributed by atoms with E-state index in [9.17, 15) is 8.78 Å². The number of anilines is 1. The van der Waals surface area contributed by atoms with Crippen LogP contribution in [0.3, 0.4) is 0 Å². The topological polar surface area (TPSA) is 12.0 Å². The van der Waals surface area contributed by atoms with Crippen molar-refractivity contribution in [3.63, 3.8) is 0 Å². The summed E-state index contributed by atoms with van der Waals surface area (Å²) in [7, 11) is 0. The largest absolute Gasteiger partial charge is 0.380 e. The number of nitrogens with one attached hydrogen (secondary N) is 1. The number of benzene rings is 1. The fraction of sp³-hybridized carbons (Fsp3) is 0.538. The van der Waals surface area contributed by atoms with Gasteiger partial charge in [0.15, 0.2) is 0 Å². The molecule has 1 aromatic carbocycles. The van der Waals surface area contributed by atoms with Gasteiger partial charge < -0.3 is 5.32 Å². The van der Waals surface area contributed by atoms with Crippen molar-refractivity contribution in [2.75, 3.05) is 5.32 Å². The minimum atomic E-state index is -0.403. The van der Waals surface area contributed by atoms with E-state index in [0.717, 1.165) is 24.5 Å². The fourth-order valence-corrected chi connectivity index (χ4v) is 2.16. The van der Waals surface area contributed by atoms with Crippen molar-refractivity contribution in [2.45, 2.75) is 38.6 Å². The van der Waals surface area contributed by atoms with Crippen molar-refractivity contribution < 1.29 is 8.78 Å². The van der Waals surface area contributed by atoms with Crippen LogP contribution >= 0.6 is 0 Å². The van der Waals surface area contributed by atoms with E-state index in [1.165, 1.54) is 25.3 Å². The fourth-order valence-electron chi connectivity index (χ4n) is 2.16. The predicted molar refractivity (Wildman–Crippen MR) is 61.4 cm³/mol. The third kappa shape index (κ3) is 2.71. The lowest BCUT2D eigenvalue weighted by molar-refractivity contribution is 0.285. The normalized spacial score (nSPS) is 17.9. The van der Waals surface area contributed by atoms with Gasteiger partial charge >= 0.3 is 0 Å². The lowest BCUT2D eigenvalue weighted by Gasteiger charge is -2.29. The Morgan fingerprint density at radius 1 is 1.38 bits per heavy atom. The van der Waals surface area contributed by atoms with Crippen LogP contribution in [0.25, 0.3) is 0 Å². The summed E-state index contributed by atoms with van der Waals surface area (Å²) in [6, 6.07) is 3.71. The molecule has 0 heterocycles. The van der Waals surface area contributed by atoms with E-state index >= 15 is 0 Å². The second kappa shape index (κ2) is 4.81. The molecule has 1 aliphatic carbocycles. The molecule has 1 N–H and O–H groups in total. The third-order valence-corrected chi connectivity index (χ3v) is 3.24. The Bertz CT molecular complexity index is 361. The Labute approximate surface area is 94.9 Å². The van der Waals surface area contributed by atoms with Crippen LogP contribution in [0.4, 0.5) is 14.5 Å². The molecule has 0 spiro atoms. The molecule has 1 aliphatic rings. The van der Waals surface area contributed by atoms with Gasteiger partial charge in [0.2, 0.25) is 0 Å². The summed E-state index contributed by atoms with van der Waals surface area (Å²) in [5.41, 5.74) is 0.270. The SMILES string of the molecule is CC(CC1CCC1)Nc1cc(F)ccc1F. The summed E-state index contributed by atoms with van der Waals surface area (Å²) >= 11 is 0. The molecule has 0 amide bonds. The molecule has 88 valence electrons. The molecule has 1 aromatic rings. The minimum absolute atomic E-state index is 0.196. The lowest BCUT2D eigenvalue weighted by Crippen LogP contribution is -2.23. The molecular formula is C13H17F2N. The first kappa shape index (κ1) is 11.4. The van der Waals surface area contributed by atoms with Crippen molar-refractivity contribution >= 4 is 5.69 Å². The zero-order chi connectivity index (χ0) is 11.5. The smallest absolute Gasteiger partial charge is 0.146 e. The van der Waals surface area contributed by atoms with Crippen molar-refractivity contribution in [3.8, 4) is 0 Å². The molecule has 0 aliphatic heterocycles. The van der Waals surface area contributed by atoms with Crippen LogP contribution in [0, 0.1) is 17.6 Å². The first-order valence-electron chi connectivity index (χ1n) is 5.87. The maximum absolute atomic E-state index is 13.3. The number of hydrogen-bond acceptors (Lipinski definition) is 1. The molecule has 1 atom stereocenters. The number of halogens is 2. The van der Waals surface area contributed by atoms with Crippen LogP contribution in [-0.2, 0) is 0 Å². The van der Waals surface area contributed by atoms with Crippen LogP contribution in [0.2, 0.25) is 0 Å². The van der Waals surface area contributed by atoms with Gasteiger partial charge in [-0.15, -0.1) is 0 Å². The minimum Gasteiger partial charge on any atom is -0.380 e. The van der Waals surface area contributed by atoms with Gasteiger partial charge in [-0.05, 0) is 37.5 Å². The zero-order valence-electron chi connectivity index (χ0n) is 9.47. The summed E-state index contributed by atoms with van der Waals surface area (Å²) < 4.78 is 26.3. The quantitative estimate of drug-likeness (QED) is 0.818. The van der Waals surface area contributed by atoms with E-state index in [4.69, 9.17) is 0 Å². The van der Waals surface area contributed by atoms with Crippen molar-refractivity contribution in [1.29, 1.82) is 0 Å². The maximum Gasteiger partial charge on any atom is 0.146 e. The second-order valence-corrected chi connectivity index (χ2v) is 4.70.